The lowest BCUT2D eigenvalue weighted by Gasteiger charge is -2.17. The van der Waals surface area contributed by atoms with Crippen molar-refractivity contribution in [2.45, 2.75) is 19.0 Å². The van der Waals surface area contributed by atoms with Gasteiger partial charge in [-0.1, -0.05) is 53.5 Å². The standard InChI is InChI=1S/C18H18Cl2N2O/c19-14-6-7-16(17(20)10-14)18(23)21-15-8-9-22(12-15)11-13-4-2-1-3-5-13/h1-7,10,15H,8-9,11-12H2,(H,21,23)/t15-/m0/s1. The number of hydrogen-bond acceptors (Lipinski definition) is 2. The Morgan fingerprint density at radius 2 is 1.96 bits per heavy atom. The molecule has 1 aliphatic rings. The van der Waals surface area contributed by atoms with Crippen molar-refractivity contribution in [1.29, 1.82) is 0 Å². The summed E-state index contributed by atoms with van der Waals surface area (Å²) in [7, 11) is 0. The number of nitrogens with one attached hydrogen (secondary N) is 1. The van der Waals surface area contributed by atoms with Crippen LogP contribution in [0.25, 0.3) is 0 Å². The summed E-state index contributed by atoms with van der Waals surface area (Å²) in [6.07, 6.45) is 0.948. The molecule has 120 valence electrons. The molecule has 1 amide bonds. The van der Waals surface area contributed by atoms with E-state index in [1.165, 1.54) is 5.56 Å². The summed E-state index contributed by atoms with van der Waals surface area (Å²) in [6, 6.07) is 15.5. The van der Waals surface area contributed by atoms with Crippen molar-refractivity contribution in [1.82, 2.24) is 10.2 Å². The van der Waals surface area contributed by atoms with Gasteiger partial charge in [0.25, 0.3) is 5.91 Å². The van der Waals surface area contributed by atoms with Crippen LogP contribution in [0.4, 0.5) is 0 Å². The van der Waals surface area contributed by atoms with Gasteiger partial charge in [-0.2, -0.15) is 0 Å². The minimum Gasteiger partial charge on any atom is -0.348 e. The van der Waals surface area contributed by atoms with Gasteiger partial charge in [0.1, 0.15) is 0 Å². The van der Waals surface area contributed by atoms with Crippen molar-refractivity contribution < 1.29 is 4.79 Å². The lowest BCUT2D eigenvalue weighted by molar-refractivity contribution is 0.0938. The van der Waals surface area contributed by atoms with Crippen molar-refractivity contribution >= 4 is 29.1 Å². The molecule has 2 aromatic carbocycles. The van der Waals surface area contributed by atoms with Crippen molar-refractivity contribution in [3.63, 3.8) is 0 Å². The number of benzene rings is 2. The second-order valence-corrected chi connectivity index (χ2v) is 6.65. The zero-order valence-corrected chi connectivity index (χ0v) is 14.1. The SMILES string of the molecule is O=C(N[C@H]1CCN(Cc2ccccc2)C1)c1ccc(Cl)cc1Cl. The summed E-state index contributed by atoms with van der Waals surface area (Å²) in [5.41, 5.74) is 1.76. The Balaban J connectivity index is 1.56. The topological polar surface area (TPSA) is 32.3 Å². The quantitative estimate of drug-likeness (QED) is 0.905. The number of halogens is 2. The number of nitrogens with zero attached hydrogens (tertiary/aromatic N) is 1. The Morgan fingerprint density at radius 3 is 2.70 bits per heavy atom. The first kappa shape index (κ1) is 16.3. The molecule has 0 spiro atoms. The maximum Gasteiger partial charge on any atom is 0.253 e. The third-order valence-corrected chi connectivity index (χ3v) is 4.58. The van der Waals surface area contributed by atoms with Gasteiger partial charge in [-0.25, -0.2) is 0 Å². The van der Waals surface area contributed by atoms with E-state index in [0.717, 1.165) is 26.1 Å². The number of amides is 1. The normalized spacial score (nSPS) is 18.1. The van der Waals surface area contributed by atoms with Crippen molar-refractivity contribution in [2.75, 3.05) is 13.1 Å². The van der Waals surface area contributed by atoms with E-state index < -0.39 is 0 Å². The van der Waals surface area contributed by atoms with E-state index in [4.69, 9.17) is 23.2 Å². The highest BCUT2D eigenvalue weighted by Gasteiger charge is 2.24. The zero-order chi connectivity index (χ0) is 16.2. The number of likely N-dealkylation sites (tertiary alicyclic amines) is 1. The van der Waals surface area contributed by atoms with Crippen LogP contribution in [0.3, 0.4) is 0 Å². The minimum atomic E-state index is -0.141. The van der Waals surface area contributed by atoms with E-state index in [2.05, 4.69) is 22.3 Å². The average molecular weight is 349 g/mol. The molecular formula is C18H18Cl2N2O. The Labute approximate surface area is 146 Å². The summed E-state index contributed by atoms with van der Waals surface area (Å²) < 4.78 is 0. The van der Waals surface area contributed by atoms with Crippen LogP contribution in [0.1, 0.15) is 22.3 Å². The zero-order valence-electron chi connectivity index (χ0n) is 12.6. The third-order valence-electron chi connectivity index (χ3n) is 4.03. The Hall–Kier alpha value is -1.55. The van der Waals surface area contributed by atoms with E-state index in [-0.39, 0.29) is 11.9 Å². The summed E-state index contributed by atoms with van der Waals surface area (Å²) in [5, 5.41) is 3.98. The molecular weight excluding hydrogens is 331 g/mol. The van der Waals surface area contributed by atoms with E-state index in [1.807, 2.05) is 18.2 Å². The summed E-state index contributed by atoms with van der Waals surface area (Å²) in [5.74, 6) is -0.141. The number of hydrogen-bond donors (Lipinski definition) is 1. The van der Waals surface area contributed by atoms with Gasteiger partial charge in [-0.15, -0.1) is 0 Å². The van der Waals surface area contributed by atoms with Gasteiger partial charge in [-0.05, 0) is 30.2 Å². The minimum absolute atomic E-state index is 0.141. The highest BCUT2D eigenvalue weighted by Crippen LogP contribution is 2.21. The van der Waals surface area contributed by atoms with Gasteiger partial charge >= 0.3 is 0 Å². The Kier molecular flexibility index (Phi) is 5.21. The molecule has 0 bridgehead atoms. The molecule has 1 atom stereocenters. The van der Waals surface area contributed by atoms with Crippen molar-refractivity contribution in [3.8, 4) is 0 Å². The number of carbonyl (C=O) groups excluding carboxylic acids is 1. The molecule has 1 fully saturated rings. The highest BCUT2D eigenvalue weighted by molar-refractivity contribution is 6.36. The van der Waals surface area contributed by atoms with Crippen LogP contribution in [0.15, 0.2) is 48.5 Å². The van der Waals surface area contributed by atoms with Gasteiger partial charge in [0.15, 0.2) is 0 Å². The van der Waals surface area contributed by atoms with Crippen LogP contribution in [-0.2, 0) is 6.54 Å². The van der Waals surface area contributed by atoms with E-state index in [0.29, 0.717) is 15.6 Å². The largest absolute Gasteiger partial charge is 0.348 e. The molecule has 3 rings (SSSR count). The Morgan fingerprint density at radius 1 is 1.17 bits per heavy atom. The van der Waals surface area contributed by atoms with Crippen LogP contribution in [0.2, 0.25) is 10.0 Å². The first-order valence-corrected chi connectivity index (χ1v) is 8.39. The van der Waals surface area contributed by atoms with E-state index >= 15 is 0 Å². The maximum atomic E-state index is 12.3. The molecule has 1 saturated heterocycles. The molecule has 1 heterocycles. The first-order chi connectivity index (χ1) is 11.1. The molecule has 23 heavy (non-hydrogen) atoms. The molecule has 0 aromatic heterocycles. The average Bonchev–Trinajstić information content (AvgIpc) is 2.95. The number of carbonyl (C=O) groups is 1. The highest BCUT2D eigenvalue weighted by atomic mass is 35.5. The third kappa shape index (κ3) is 4.25. The smallest absolute Gasteiger partial charge is 0.253 e. The predicted molar refractivity (Wildman–Crippen MR) is 94.1 cm³/mol. The first-order valence-electron chi connectivity index (χ1n) is 7.64. The Bertz CT molecular complexity index is 691. The molecule has 0 radical (unpaired) electrons. The molecule has 1 aliphatic heterocycles. The molecule has 3 nitrogen and oxygen atoms in total. The van der Waals surface area contributed by atoms with Gasteiger partial charge in [0, 0.05) is 30.7 Å². The molecule has 0 saturated carbocycles. The monoisotopic (exact) mass is 348 g/mol. The lowest BCUT2D eigenvalue weighted by Crippen LogP contribution is -2.37. The molecule has 2 aromatic rings. The fourth-order valence-corrected chi connectivity index (χ4v) is 3.37. The van der Waals surface area contributed by atoms with Crippen molar-refractivity contribution in [3.05, 3.63) is 69.7 Å². The van der Waals surface area contributed by atoms with Crippen LogP contribution < -0.4 is 5.32 Å². The van der Waals surface area contributed by atoms with Crippen molar-refractivity contribution in [2.24, 2.45) is 0 Å². The van der Waals surface area contributed by atoms with Gasteiger partial charge in [0.05, 0.1) is 10.6 Å². The fraction of sp³-hybridized carbons (Fsp3) is 0.278. The van der Waals surface area contributed by atoms with Gasteiger partial charge < -0.3 is 5.32 Å². The fourth-order valence-electron chi connectivity index (χ4n) is 2.87. The van der Waals surface area contributed by atoms with E-state index in [9.17, 15) is 4.79 Å². The summed E-state index contributed by atoms with van der Waals surface area (Å²) in [6.45, 7) is 2.74. The van der Waals surface area contributed by atoms with Crippen LogP contribution in [-0.4, -0.2) is 29.9 Å². The summed E-state index contributed by atoms with van der Waals surface area (Å²) in [4.78, 5) is 14.7. The molecule has 5 heteroatoms. The van der Waals surface area contributed by atoms with Gasteiger partial charge in [-0.3, -0.25) is 9.69 Å². The molecule has 1 N–H and O–H groups in total. The second-order valence-electron chi connectivity index (χ2n) is 5.80. The lowest BCUT2D eigenvalue weighted by atomic mass is 10.2. The number of rotatable bonds is 4. The van der Waals surface area contributed by atoms with Gasteiger partial charge in [0.2, 0.25) is 0 Å². The van der Waals surface area contributed by atoms with Crippen LogP contribution in [0.5, 0.6) is 0 Å². The molecule has 0 aliphatic carbocycles. The van der Waals surface area contributed by atoms with E-state index in [1.54, 1.807) is 18.2 Å². The van der Waals surface area contributed by atoms with Crippen LogP contribution >= 0.6 is 23.2 Å². The molecule has 0 unspecified atom stereocenters. The maximum absolute atomic E-state index is 12.3. The van der Waals surface area contributed by atoms with Crippen LogP contribution in [0, 0.1) is 0 Å². The summed E-state index contributed by atoms with van der Waals surface area (Å²) >= 11 is 12.0. The predicted octanol–water partition coefficient (Wildman–Crippen LogP) is 4.00. The second kappa shape index (κ2) is 7.35.